The molecule has 0 aromatic carbocycles. The molecule has 0 fully saturated rings. The molecular formula is C20H37N3O9. The molecule has 1 heterocycles. The Kier molecular flexibility index (Phi) is 15.8. The van der Waals surface area contributed by atoms with E-state index in [1.807, 2.05) is 0 Å². The summed E-state index contributed by atoms with van der Waals surface area (Å²) in [5, 5.41) is 53.3. The highest BCUT2D eigenvalue weighted by Gasteiger charge is 2.15. The summed E-state index contributed by atoms with van der Waals surface area (Å²) in [6.45, 7) is 0.716. The third-order valence-corrected chi connectivity index (χ3v) is 4.68. The SMILES string of the molecule is O=C(O)CCCCCn1cc(COC(COCC(CO)CO)COCC(CO)CO)nn1. The van der Waals surface area contributed by atoms with Crippen molar-refractivity contribution in [3.63, 3.8) is 0 Å². The fourth-order valence-corrected chi connectivity index (χ4v) is 2.65. The molecule has 12 heteroatoms. The van der Waals surface area contributed by atoms with Crippen molar-refractivity contribution < 1.29 is 44.5 Å². The predicted octanol–water partition coefficient (Wildman–Crippen LogP) is -0.957. The van der Waals surface area contributed by atoms with Crippen molar-refractivity contribution in [3.8, 4) is 0 Å². The molecule has 1 rings (SSSR count). The molecule has 0 bridgehead atoms. The van der Waals surface area contributed by atoms with Crippen LogP contribution in [0.1, 0.15) is 31.4 Å². The van der Waals surface area contributed by atoms with Gasteiger partial charge >= 0.3 is 5.97 Å². The van der Waals surface area contributed by atoms with Crippen LogP contribution in [0.4, 0.5) is 0 Å². The number of carboxylic acids is 1. The number of unbranched alkanes of at least 4 members (excludes halogenated alkanes) is 2. The monoisotopic (exact) mass is 463 g/mol. The molecule has 0 saturated carbocycles. The van der Waals surface area contributed by atoms with Crippen LogP contribution in [0, 0.1) is 11.8 Å². The van der Waals surface area contributed by atoms with Crippen molar-refractivity contribution in [2.75, 3.05) is 52.9 Å². The number of hydrogen-bond acceptors (Lipinski definition) is 10. The van der Waals surface area contributed by atoms with E-state index >= 15 is 0 Å². The van der Waals surface area contributed by atoms with Gasteiger partial charge < -0.3 is 39.7 Å². The quantitative estimate of drug-likeness (QED) is 0.142. The minimum absolute atomic E-state index is 0.163. The van der Waals surface area contributed by atoms with Gasteiger partial charge in [-0.15, -0.1) is 5.10 Å². The molecule has 0 aliphatic rings. The summed E-state index contributed by atoms with van der Waals surface area (Å²) in [5.41, 5.74) is 0.618. The lowest BCUT2D eigenvalue weighted by Crippen LogP contribution is -2.30. The van der Waals surface area contributed by atoms with Gasteiger partial charge in [0.1, 0.15) is 11.8 Å². The zero-order chi connectivity index (χ0) is 23.6. The van der Waals surface area contributed by atoms with Crippen LogP contribution >= 0.6 is 0 Å². The lowest BCUT2D eigenvalue weighted by molar-refractivity contribution is -0.137. The van der Waals surface area contributed by atoms with Gasteiger partial charge in [0.05, 0.1) is 65.7 Å². The van der Waals surface area contributed by atoms with Gasteiger partial charge in [0.25, 0.3) is 0 Å². The average Bonchev–Trinajstić information content (AvgIpc) is 3.24. The first kappa shape index (κ1) is 28.4. The van der Waals surface area contributed by atoms with Crippen LogP contribution in [0.5, 0.6) is 0 Å². The van der Waals surface area contributed by atoms with Crippen molar-refractivity contribution >= 4 is 5.97 Å². The van der Waals surface area contributed by atoms with Crippen LogP contribution in [0.3, 0.4) is 0 Å². The molecular weight excluding hydrogens is 426 g/mol. The lowest BCUT2D eigenvalue weighted by atomic mass is 10.2. The van der Waals surface area contributed by atoms with E-state index in [4.69, 9.17) is 39.7 Å². The first-order valence-corrected chi connectivity index (χ1v) is 10.8. The number of carboxylic acid groups (broad SMARTS) is 1. The number of rotatable bonds is 21. The predicted molar refractivity (Wildman–Crippen MR) is 112 cm³/mol. The average molecular weight is 464 g/mol. The minimum atomic E-state index is -0.792. The van der Waals surface area contributed by atoms with Gasteiger partial charge in [0, 0.05) is 24.8 Å². The Morgan fingerprint density at radius 1 is 0.906 bits per heavy atom. The third kappa shape index (κ3) is 13.0. The Bertz CT molecular complexity index is 577. The molecule has 186 valence electrons. The zero-order valence-corrected chi connectivity index (χ0v) is 18.4. The number of aliphatic hydroxyl groups is 4. The van der Waals surface area contributed by atoms with Crippen molar-refractivity contribution in [2.24, 2.45) is 11.8 Å². The highest BCUT2D eigenvalue weighted by molar-refractivity contribution is 5.66. The Balaban J connectivity index is 2.44. The van der Waals surface area contributed by atoms with Crippen LogP contribution in [-0.4, -0.2) is 105 Å². The standard InChI is InChI=1S/C20H37N3O9/c24-7-16(8-25)11-30-14-19(15-31-12-17(9-26)10-27)32-13-18-6-23(22-21-18)5-3-1-2-4-20(28)29/h6,16-17,19,24-27H,1-5,7-15H2,(H,28,29). The first-order valence-electron chi connectivity index (χ1n) is 10.8. The molecule has 32 heavy (non-hydrogen) atoms. The first-order chi connectivity index (χ1) is 15.5. The number of aromatic nitrogens is 3. The van der Waals surface area contributed by atoms with E-state index in [-0.39, 0.29) is 77.7 Å². The summed E-state index contributed by atoms with van der Waals surface area (Å²) in [4.78, 5) is 10.5. The van der Waals surface area contributed by atoms with Crippen molar-refractivity contribution in [1.29, 1.82) is 0 Å². The maximum absolute atomic E-state index is 10.5. The van der Waals surface area contributed by atoms with Gasteiger partial charge in [-0.05, 0) is 12.8 Å². The van der Waals surface area contributed by atoms with Gasteiger partial charge in [0.15, 0.2) is 0 Å². The van der Waals surface area contributed by atoms with E-state index in [9.17, 15) is 4.79 Å². The summed E-state index contributed by atoms with van der Waals surface area (Å²) >= 11 is 0. The number of ether oxygens (including phenoxy) is 3. The molecule has 0 radical (unpaired) electrons. The number of aliphatic carboxylic acids is 1. The number of aliphatic hydroxyl groups excluding tert-OH is 4. The van der Waals surface area contributed by atoms with Crippen LogP contribution in [0.2, 0.25) is 0 Å². The molecule has 1 aromatic heterocycles. The van der Waals surface area contributed by atoms with Crippen molar-refractivity contribution in [1.82, 2.24) is 15.0 Å². The molecule has 0 aliphatic heterocycles. The molecule has 1 aromatic rings. The van der Waals surface area contributed by atoms with Gasteiger partial charge in [-0.2, -0.15) is 0 Å². The van der Waals surface area contributed by atoms with E-state index in [2.05, 4.69) is 10.3 Å². The smallest absolute Gasteiger partial charge is 0.303 e. The summed E-state index contributed by atoms with van der Waals surface area (Å²) in [6, 6.07) is 0. The largest absolute Gasteiger partial charge is 0.481 e. The van der Waals surface area contributed by atoms with E-state index in [1.165, 1.54) is 0 Å². The highest BCUT2D eigenvalue weighted by Crippen LogP contribution is 2.07. The second-order valence-corrected chi connectivity index (χ2v) is 7.65. The topological polar surface area (TPSA) is 177 Å². The molecule has 0 spiro atoms. The number of aryl methyl sites for hydroxylation is 1. The molecule has 12 nitrogen and oxygen atoms in total. The molecule has 5 N–H and O–H groups in total. The fraction of sp³-hybridized carbons (Fsp3) is 0.850. The second kappa shape index (κ2) is 17.8. The normalized spacial score (nSPS) is 11.8. The maximum atomic E-state index is 10.5. The second-order valence-electron chi connectivity index (χ2n) is 7.65. The lowest BCUT2D eigenvalue weighted by Gasteiger charge is -2.20. The highest BCUT2D eigenvalue weighted by atomic mass is 16.6. The number of nitrogens with zero attached hydrogens (tertiary/aromatic N) is 3. The van der Waals surface area contributed by atoms with Gasteiger partial charge in [-0.25, -0.2) is 0 Å². The van der Waals surface area contributed by atoms with Crippen LogP contribution in [0.25, 0.3) is 0 Å². The molecule has 0 atom stereocenters. The zero-order valence-electron chi connectivity index (χ0n) is 18.4. The Labute approximate surface area is 187 Å². The van der Waals surface area contributed by atoms with E-state index < -0.39 is 12.1 Å². The van der Waals surface area contributed by atoms with Gasteiger partial charge in [-0.3, -0.25) is 9.48 Å². The minimum Gasteiger partial charge on any atom is -0.481 e. The third-order valence-electron chi connectivity index (χ3n) is 4.68. The Morgan fingerprint density at radius 2 is 1.50 bits per heavy atom. The van der Waals surface area contributed by atoms with Crippen LogP contribution in [-0.2, 0) is 32.2 Å². The summed E-state index contributed by atoms with van der Waals surface area (Å²) in [5.74, 6) is -1.54. The van der Waals surface area contributed by atoms with E-state index in [0.717, 1.165) is 12.8 Å². The van der Waals surface area contributed by atoms with E-state index in [1.54, 1.807) is 10.9 Å². The summed E-state index contributed by atoms with van der Waals surface area (Å²) in [7, 11) is 0. The summed E-state index contributed by atoms with van der Waals surface area (Å²) in [6.07, 6.45) is 3.68. The Hall–Kier alpha value is -1.67. The van der Waals surface area contributed by atoms with Gasteiger partial charge in [-0.1, -0.05) is 11.6 Å². The number of carbonyl (C=O) groups is 1. The van der Waals surface area contributed by atoms with Gasteiger partial charge in [0.2, 0.25) is 0 Å². The van der Waals surface area contributed by atoms with Crippen LogP contribution < -0.4 is 0 Å². The molecule has 0 unspecified atom stereocenters. The molecule has 0 amide bonds. The van der Waals surface area contributed by atoms with Crippen LogP contribution in [0.15, 0.2) is 6.20 Å². The Morgan fingerprint density at radius 3 is 2.03 bits per heavy atom. The van der Waals surface area contributed by atoms with E-state index in [0.29, 0.717) is 18.7 Å². The molecule has 0 aliphatic carbocycles. The molecule has 0 saturated heterocycles. The number of hydrogen-bond donors (Lipinski definition) is 5. The fourth-order valence-electron chi connectivity index (χ4n) is 2.65. The maximum Gasteiger partial charge on any atom is 0.303 e. The van der Waals surface area contributed by atoms with Crippen molar-refractivity contribution in [3.05, 3.63) is 11.9 Å². The van der Waals surface area contributed by atoms with Crippen molar-refractivity contribution in [2.45, 2.75) is 44.9 Å². The summed E-state index contributed by atoms with van der Waals surface area (Å²) < 4.78 is 18.6.